The van der Waals surface area contributed by atoms with Crippen molar-refractivity contribution in [3.05, 3.63) is 18.2 Å². The van der Waals surface area contributed by atoms with Crippen molar-refractivity contribution in [2.45, 2.75) is 12.8 Å². The second-order valence-corrected chi connectivity index (χ2v) is 3.85. The van der Waals surface area contributed by atoms with Crippen LogP contribution in [-0.2, 0) is 0 Å². The molecule has 1 aliphatic rings. The Labute approximate surface area is 95.1 Å². The van der Waals surface area contributed by atoms with Crippen LogP contribution in [0.4, 0.5) is 5.69 Å². The van der Waals surface area contributed by atoms with Gasteiger partial charge in [0.05, 0.1) is 19.9 Å². The van der Waals surface area contributed by atoms with Crippen LogP contribution in [0.5, 0.6) is 11.5 Å². The molecular weight excluding hydrogens is 204 g/mol. The molecule has 0 atom stereocenters. The average molecular weight is 220 g/mol. The van der Waals surface area contributed by atoms with Gasteiger partial charge in [-0.2, -0.15) is 0 Å². The van der Waals surface area contributed by atoms with Crippen LogP contribution in [0.3, 0.4) is 0 Å². The van der Waals surface area contributed by atoms with Crippen LogP contribution in [0.1, 0.15) is 12.8 Å². The minimum absolute atomic E-state index is 0.480. The zero-order valence-corrected chi connectivity index (χ0v) is 9.56. The summed E-state index contributed by atoms with van der Waals surface area (Å²) >= 11 is 0. The molecule has 1 aliphatic carbocycles. The molecule has 2 N–H and O–H groups in total. The number of amidine groups is 1. The van der Waals surface area contributed by atoms with E-state index in [1.807, 2.05) is 18.2 Å². The molecule has 0 unspecified atom stereocenters. The van der Waals surface area contributed by atoms with Crippen molar-refractivity contribution in [3.63, 3.8) is 0 Å². The number of nitrogens with zero attached hydrogens (tertiary/aromatic N) is 1. The fourth-order valence-corrected chi connectivity index (χ4v) is 1.51. The Morgan fingerprint density at radius 3 is 2.50 bits per heavy atom. The number of aliphatic imine (C=N–C) groups is 1. The first-order valence-electron chi connectivity index (χ1n) is 5.30. The molecule has 0 aromatic heterocycles. The van der Waals surface area contributed by atoms with Crippen molar-refractivity contribution in [3.8, 4) is 11.5 Å². The lowest BCUT2D eigenvalue weighted by atomic mass is 10.2. The first kappa shape index (κ1) is 10.8. The van der Waals surface area contributed by atoms with Crippen molar-refractivity contribution in [1.29, 1.82) is 0 Å². The predicted molar refractivity (Wildman–Crippen MR) is 63.6 cm³/mol. The van der Waals surface area contributed by atoms with Crippen LogP contribution in [0.25, 0.3) is 0 Å². The van der Waals surface area contributed by atoms with Gasteiger partial charge in [0.15, 0.2) is 11.5 Å². The summed E-state index contributed by atoms with van der Waals surface area (Å²) in [7, 11) is 3.22. The van der Waals surface area contributed by atoms with Crippen molar-refractivity contribution in [2.75, 3.05) is 14.2 Å². The van der Waals surface area contributed by atoms with E-state index in [9.17, 15) is 0 Å². The van der Waals surface area contributed by atoms with Crippen LogP contribution >= 0.6 is 0 Å². The monoisotopic (exact) mass is 220 g/mol. The molecule has 1 aromatic carbocycles. The van der Waals surface area contributed by atoms with Gasteiger partial charge < -0.3 is 15.2 Å². The van der Waals surface area contributed by atoms with Crippen molar-refractivity contribution in [1.82, 2.24) is 0 Å². The summed E-state index contributed by atoms with van der Waals surface area (Å²) in [6.45, 7) is 0. The highest BCUT2D eigenvalue weighted by Gasteiger charge is 2.25. The van der Waals surface area contributed by atoms with E-state index >= 15 is 0 Å². The Hall–Kier alpha value is -1.71. The summed E-state index contributed by atoms with van der Waals surface area (Å²) in [4.78, 5) is 4.36. The van der Waals surface area contributed by atoms with E-state index in [0.29, 0.717) is 23.3 Å². The molecular formula is C12H16N2O2. The number of hydrogen-bond donors (Lipinski definition) is 1. The average Bonchev–Trinajstić information content (AvgIpc) is 3.12. The van der Waals surface area contributed by atoms with Crippen LogP contribution in [0, 0.1) is 5.92 Å². The van der Waals surface area contributed by atoms with Crippen LogP contribution in [0.2, 0.25) is 0 Å². The number of rotatable bonds is 4. The molecule has 0 saturated heterocycles. The quantitative estimate of drug-likeness (QED) is 0.624. The van der Waals surface area contributed by atoms with E-state index in [1.165, 1.54) is 0 Å². The standard InChI is InChI=1S/C12H16N2O2/c1-15-10-6-5-9(7-11(10)16-2)14-12(13)8-3-4-8/h5-8H,3-4H2,1-2H3,(H2,13,14). The molecule has 1 aromatic rings. The maximum Gasteiger partial charge on any atom is 0.162 e. The van der Waals surface area contributed by atoms with Crippen LogP contribution < -0.4 is 15.2 Å². The molecule has 1 fully saturated rings. The van der Waals surface area contributed by atoms with E-state index in [4.69, 9.17) is 15.2 Å². The van der Waals surface area contributed by atoms with Gasteiger partial charge in [0.2, 0.25) is 0 Å². The van der Waals surface area contributed by atoms with E-state index in [-0.39, 0.29) is 0 Å². The van der Waals surface area contributed by atoms with E-state index < -0.39 is 0 Å². The highest BCUT2D eigenvalue weighted by atomic mass is 16.5. The normalized spacial score (nSPS) is 16.0. The summed E-state index contributed by atoms with van der Waals surface area (Å²) in [5, 5.41) is 0. The lowest BCUT2D eigenvalue weighted by Gasteiger charge is -2.07. The lowest BCUT2D eigenvalue weighted by molar-refractivity contribution is 0.355. The summed E-state index contributed by atoms with van der Waals surface area (Å²) in [5.41, 5.74) is 6.66. The molecule has 0 amide bonds. The fraction of sp³-hybridized carbons (Fsp3) is 0.417. The van der Waals surface area contributed by atoms with Crippen molar-refractivity contribution < 1.29 is 9.47 Å². The first-order chi connectivity index (χ1) is 7.74. The van der Waals surface area contributed by atoms with Crippen molar-refractivity contribution in [2.24, 2.45) is 16.6 Å². The number of hydrogen-bond acceptors (Lipinski definition) is 3. The lowest BCUT2D eigenvalue weighted by Crippen LogP contribution is -2.12. The van der Waals surface area contributed by atoms with Gasteiger partial charge in [-0.15, -0.1) is 0 Å². The Kier molecular flexibility index (Phi) is 2.99. The van der Waals surface area contributed by atoms with Gasteiger partial charge in [-0.3, -0.25) is 0 Å². The van der Waals surface area contributed by atoms with Gasteiger partial charge in [-0.25, -0.2) is 4.99 Å². The Bertz CT molecular complexity index is 411. The van der Waals surface area contributed by atoms with Gasteiger partial charge >= 0.3 is 0 Å². The third-order valence-electron chi connectivity index (χ3n) is 2.62. The van der Waals surface area contributed by atoms with Gasteiger partial charge in [-0.1, -0.05) is 0 Å². The second-order valence-electron chi connectivity index (χ2n) is 3.85. The number of benzene rings is 1. The second kappa shape index (κ2) is 4.43. The van der Waals surface area contributed by atoms with Gasteiger partial charge in [0.25, 0.3) is 0 Å². The summed E-state index contributed by atoms with van der Waals surface area (Å²) in [6.07, 6.45) is 2.31. The minimum Gasteiger partial charge on any atom is -0.493 e. The number of ether oxygens (including phenoxy) is 2. The molecule has 2 rings (SSSR count). The summed E-state index contributed by atoms with van der Waals surface area (Å²) in [5.74, 6) is 2.57. The molecule has 4 nitrogen and oxygen atoms in total. The Morgan fingerprint density at radius 1 is 1.25 bits per heavy atom. The third kappa shape index (κ3) is 2.27. The minimum atomic E-state index is 0.480. The molecule has 0 spiro atoms. The SMILES string of the molecule is COc1ccc(N=C(N)C2CC2)cc1OC. The summed E-state index contributed by atoms with van der Waals surface area (Å²) < 4.78 is 10.4. The molecule has 1 saturated carbocycles. The molecule has 0 radical (unpaired) electrons. The van der Waals surface area contributed by atoms with E-state index in [1.54, 1.807) is 14.2 Å². The van der Waals surface area contributed by atoms with Crippen LogP contribution in [-0.4, -0.2) is 20.1 Å². The largest absolute Gasteiger partial charge is 0.493 e. The first-order valence-corrected chi connectivity index (χ1v) is 5.30. The maximum atomic E-state index is 5.85. The topological polar surface area (TPSA) is 56.8 Å². The smallest absolute Gasteiger partial charge is 0.162 e. The third-order valence-corrected chi connectivity index (χ3v) is 2.62. The zero-order chi connectivity index (χ0) is 11.5. The number of methoxy groups -OCH3 is 2. The summed E-state index contributed by atoms with van der Waals surface area (Å²) in [6, 6.07) is 5.53. The van der Waals surface area contributed by atoms with Gasteiger partial charge in [0, 0.05) is 12.0 Å². The molecule has 0 bridgehead atoms. The van der Waals surface area contributed by atoms with Gasteiger partial charge in [0.1, 0.15) is 5.84 Å². The number of nitrogens with two attached hydrogens (primary N) is 1. The fourth-order valence-electron chi connectivity index (χ4n) is 1.51. The molecule has 16 heavy (non-hydrogen) atoms. The molecule has 0 aliphatic heterocycles. The Morgan fingerprint density at radius 2 is 1.94 bits per heavy atom. The molecule has 86 valence electrons. The van der Waals surface area contributed by atoms with E-state index in [0.717, 1.165) is 18.5 Å². The Balaban J connectivity index is 2.24. The maximum absolute atomic E-state index is 5.85. The molecule has 4 heteroatoms. The van der Waals surface area contributed by atoms with E-state index in [2.05, 4.69) is 4.99 Å². The molecule has 0 heterocycles. The van der Waals surface area contributed by atoms with Gasteiger partial charge in [-0.05, 0) is 25.0 Å². The predicted octanol–water partition coefficient (Wildman–Crippen LogP) is 2.10. The van der Waals surface area contributed by atoms with Crippen LogP contribution in [0.15, 0.2) is 23.2 Å². The highest BCUT2D eigenvalue weighted by Crippen LogP contribution is 2.33. The highest BCUT2D eigenvalue weighted by molar-refractivity contribution is 5.87. The van der Waals surface area contributed by atoms with Crippen molar-refractivity contribution >= 4 is 11.5 Å². The zero-order valence-electron chi connectivity index (χ0n) is 9.56.